The molecule has 0 bridgehead atoms. The molecule has 1 aromatic heterocycles. The van der Waals surface area contributed by atoms with E-state index >= 15 is 0 Å². The highest BCUT2D eigenvalue weighted by molar-refractivity contribution is 7.10. The molecule has 2 atom stereocenters. The third-order valence-corrected chi connectivity index (χ3v) is 2.69. The molecule has 0 aliphatic rings. The van der Waals surface area contributed by atoms with Crippen LogP contribution in [0.3, 0.4) is 0 Å². The van der Waals surface area contributed by atoms with Crippen molar-refractivity contribution in [3.8, 4) is 6.07 Å². The Bertz CT molecular complexity index is 302. The highest BCUT2D eigenvalue weighted by atomic mass is 32.1. The predicted octanol–water partition coefficient (Wildman–Crippen LogP) is 0.974. The summed E-state index contributed by atoms with van der Waals surface area (Å²) in [6.07, 6.45) is -2.41. The first-order valence-corrected chi connectivity index (χ1v) is 4.34. The van der Waals surface area contributed by atoms with Gasteiger partial charge in [0.2, 0.25) is 0 Å². The van der Waals surface area contributed by atoms with Crippen molar-refractivity contribution >= 4 is 11.3 Å². The number of hydrogen-bond acceptors (Lipinski definition) is 4. The highest BCUT2D eigenvalue weighted by Gasteiger charge is 2.20. The number of thiophene rings is 1. The van der Waals surface area contributed by atoms with Crippen LogP contribution in [0.5, 0.6) is 0 Å². The molecular weight excluding hydrogens is 174 g/mol. The van der Waals surface area contributed by atoms with Crippen molar-refractivity contribution in [3.63, 3.8) is 0 Å². The molecule has 0 spiro atoms. The van der Waals surface area contributed by atoms with Gasteiger partial charge in [0.25, 0.3) is 0 Å². The van der Waals surface area contributed by atoms with Crippen LogP contribution < -0.4 is 0 Å². The standard InChI is InChI=1S/C8H9NO2S/c1-5-2-3-12-8(5)7(11)6(10)4-9/h2-3,6-7,10-11H,1H3. The molecular formula is C8H9NO2S. The first-order chi connectivity index (χ1) is 5.66. The van der Waals surface area contributed by atoms with Crippen molar-refractivity contribution < 1.29 is 10.2 Å². The number of aliphatic hydroxyl groups excluding tert-OH is 2. The van der Waals surface area contributed by atoms with Crippen molar-refractivity contribution in [1.29, 1.82) is 5.26 Å². The maximum absolute atomic E-state index is 9.40. The van der Waals surface area contributed by atoms with E-state index in [4.69, 9.17) is 10.4 Å². The van der Waals surface area contributed by atoms with Gasteiger partial charge in [0.05, 0.1) is 6.07 Å². The SMILES string of the molecule is Cc1ccsc1C(O)C(O)C#N. The van der Waals surface area contributed by atoms with Gasteiger partial charge in [0.1, 0.15) is 6.10 Å². The van der Waals surface area contributed by atoms with E-state index in [1.165, 1.54) is 11.3 Å². The Morgan fingerprint density at radius 1 is 1.58 bits per heavy atom. The van der Waals surface area contributed by atoms with Gasteiger partial charge in [-0.15, -0.1) is 11.3 Å². The number of nitrogens with zero attached hydrogens (tertiary/aromatic N) is 1. The summed E-state index contributed by atoms with van der Waals surface area (Å²) in [5, 5.41) is 28.6. The molecule has 0 saturated carbocycles. The van der Waals surface area contributed by atoms with Gasteiger partial charge in [-0.3, -0.25) is 0 Å². The molecule has 1 aromatic rings. The molecule has 0 amide bonds. The van der Waals surface area contributed by atoms with Gasteiger partial charge in [-0.2, -0.15) is 5.26 Å². The fourth-order valence-corrected chi connectivity index (χ4v) is 1.84. The van der Waals surface area contributed by atoms with Crippen molar-refractivity contribution in [1.82, 2.24) is 0 Å². The summed E-state index contributed by atoms with van der Waals surface area (Å²) >= 11 is 1.34. The topological polar surface area (TPSA) is 64.2 Å². The minimum atomic E-state index is -1.33. The first-order valence-electron chi connectivity index (χ1n) is 3.46. The predicted molar refractivity (Wildman–Crippen MR) is 45.6 cm³/mol. The Morgan fingerprint density at radius 2 is 2.25 bits per heavy atom. The summed E-state index contributed by atoms with van der Waals surface area (Å²) in [4.78, 5) is 0.657. The van der Waals surface area contributed by atoms with Gasteiger partial charge in [0, 0.05) is 4.88 Å². The molecule has 2 N–H and O–H groups in total. The lowest BCUT2D eigenvalue weighted by molar-refractivity contribution is 0.0548. The molecule has 0 aliphatic heterocycles. The summed E-state index contributed by atoms with van der Waals surface area (Å²) < 4.78 is 0. The summed E-state index contributed by atoms with van der Waals surface area (Å²) in [5.41, 5.74) is 0.904. The van der Waals surface area contributed by atoms with E-state index in [0.29, 0.717) is 4.88 Å². The lowest BCUT2D eigenvalue weighted by atomic mass is 10.1. The Labute approximate surface area is 74.5 Å². The van der Waals surface area contributed by atoms with Crippen LogP contribution >= 0.6 is 11.3 Å². The Kier molecular flexibility index (Phi) is 2.82. The lowest BCUT2D eigenvalue weighted by Gasteiger charge is -2.10. The van der Waals surface area contributed by atoms with Gasteiger partial charge < -0.3 is 10.2 Å². The summed E-state index contributed by atoms with van der Waals surface area (Å²) in [5.74, 6) is 0. The minimum Gasteiger partial charge on any atom is -0.384 e. The van der Waals surface area contributed by atoms with Gasteiger partial charge >= 0.3 is 0 Å². The first kappa shape index (κ1) is 9.20. The van der Waals surface area contributed by atoms with E-state index in [-0.39, 0.29) is 0 Å². The second-order valence-corrected chi connectivity index (χ2v) is 3.43. The van der Waals surface area contributed by atoms with Crippen LogP contribution in [-0.2, 0) is 0 Å². The number of nitriles is 1. The molecule has 2 unspecified atom stereocenters. The monoisotopic (exact) mass is 183 g/mol. The molecule has 4 heteroatoms. The Hall–Kier alpha value is -0.890. The molecule has 0 aromatic carbocycles. The van der Waals surface area contributed by atoms with Crippen molar-refractivity contribution in [2.45, 2.75) is 19.1 Å². The molecule has 0 radical (unpaired) electrons. The van der Waals surface area contributed by atoms with Crippen LogP contribution in [0.15, 0.2) is 11.4 Å². The van der Waals surface area contributed by atoms with E-state index in [1.807, 2.05) is 18.4 Å². The fourth-order valence-electron chi connectivity index (χ4n) is 0.901. The largest absolute Gasteiger partial charge is 0.384 e. The molecule has 1 heterocycles. The quantitative estimate of drug-likeness (QED) is 0.671. The van der Waals surface area contributed by atoms with Crippen LogP contribution in [0.2, 0.25) is 0 Å². The van der Waals surface area contributed by atoms with Crippen molar-refractivity contribution in [2.75, 3.05) is 0 Å². The Balaban J connectivity index is 2.86. The number of aliphatic hydroxyl groups is 2. The van der Waals surface area contributed by atoms with Crippen LogP contribution in [0.1, 0.15) is 16.5 Å². The number of aryl methyl sites for hydroxylation is 1. The number of hydrogen-bond donors (Lipinski definition) is 2. The third-order valence-electron chi connectivity index (χ3n) is 1.60. The van der Waals surface area contributed by atoms with Gasteiger partial charge in [-0.1, -0.05) is 0 Å². The summed E-state index contributed by atoms with van der Waals surface area (Å²) in [6.45, 7) is 1.83. The second-order valence-electron chi connectivity index (χ2n) is 2.49. The zero-order chi connectivity index (χ0) is 9.14. The van der Waals surface area contributed by atoms with Crippen LogP contribution in [-0.4, -0.2) is 16.3 Å². The van der Waals surface area contributed by atoms with E-state index in [0.717, 1.165) is 5.56 Å². The van der Waals surface area contributed by atoms with Crippen LogP contribution in [0.25, 0.3) is 0 Å². The summed E-state index contributed by atoms with van der Waals surface area (Å²) in [7, 11) is 0. The molecule has 3 nitrogen and oxygen atoms in total. The Morgan fingerprint density at radius 3 is 2.67 bits per heavy atom. The van der Waals surface area contributed by atoms with E-state index in [1.54, 1.807) is 6.07 Å². The molecule has 12 heavy (non-hydrogen) atoms. The van der Waals surface area contributed by atoms with E-state index in [9.17, 15) is 5.11 Å². The second kappa shape index (κ2) is 3.68. The molecule has 64 valence electrons. The highest BCUT2D eigenvalue weighted by Crippen LogP contribution is 2.25. The average molecular weight is 183 g/mol. The molecule has 0 aliphatic carbocycles. The van der Waals surface area contributed by atoms with E-state index < -0.39 is 12.2 Å². The fraction of sp³-hybridized carbons (Fsp3) is 0.375. The van der Waals surface area contributed by atoms with Crippen molar-refractivity contribution in [3.05, 3.63) is 21.9 Å². The zero-order valence-electron chi connectivity index (χ0n) is 6.56. The van der Waals surface area contributed by atoms with Crippen LogP contribution in [0.4, 0.5) is 0 Å². The van der Waals surface area contributed by atoms with E-state index in [2.05, 4.69) is 0 Å². The van der Waals surface area contributed by atoms with Gasteiger partial charge in [-0.25, -0.2) is 0 Å². The smallest absolute Gasteiger partial charge is 0.171 e. The summed E-state index contributed by atoms with van der Waals surface area (Å²) in [6, 6.07) is 3.43. The normalized spacial score (nSPS) is 15.2. The van der Waals surface area contributed by atoms with Crippen LogP contribution in [0, 0.1) is 18.3 Å². The molecule has 0 fully saturated rings. The minimum absolute atomic E-state index is 0.657. The van der Waals surface area contributed by atoms with Gasteiger partial charge in [-0.05, 0) is 23.9 Å². The average Bonchev–Trinajstić information content (AvgIpc) is 2.48. The molecule has 0 saturated heterocycles. The number of rotatable bonds is 2. The maximum atomic E-state index is 9.40. The zero-order valence-corrected chi connectivity index (χ0v) is 7.38. The van der Waals surface area contributed by atoms with Gasteiger partial charge in [0.15, 0.2) is 6.10 Å². The molecule has 1 rings (SSSR count). The third kappa shape index (κ3) is 1.64. The van der Waals surface area contributed by atoms with Crippen molar-refractivity contribution in [2.24, 2.45) is 0 Å². The maximum Gasteiger partial charge on any atom is 0.171 e. The lowest BCUT2D eigenvalue weighted by Crippen LogP contribution is -2.15.